The summed E-state index contributed by atoms with van der Waals surface area (Å²) in [5.41, 5.74) is 0.565. The van der Waals surface area contributed by atoms with Gasteiger partial charge in [0.05, 0.1) is 12.1 Å². The van der Waals surface area contributed by atoms with Crippen molar-refractivity contribution < 1.29 is 4.79 Å². The molecular formula is C13H17N5O. The van der Waals surface area contributed by atoms with Crippen LogP contribution in [-0.4, -0.2) is 39.4 Å². The van der Waals surface area contributed by atoms with Crippen molar-refractivity contribution in [2.75, 3.05) is 18.9 Å². The Kier molecular flexibility index (Phi) is 4.12. The second-order valence-electron chi connectivity index (χ2n) is 4.16. The Morgan fingerprint density at radius 2 is 2.26 bits per heavy atom. The van der Waals surface area contributed by atoms with E-state index in [-0.39, 0.29) is 5.91 Å². The Morgan fingerprint density at radius 1 is 1.42 bits per heavy atom. The van der Waals surface area contributed by atoms with Gasteiger partial charge < -0.3 is 15.2 Å². The fraction of sp³-hybridized carbons (Fsp3) is 0.308. The number of imidazole rings is 1. The largest absolute Gasteiger partial charge is 0.370 e. The maximum Gasteiger partial charge on any atom is 0.255 e. The van der Waals surface area contributed by atoms with Gasteiger partial charge in [0.25, 0.3) is 5.91 Å². The van der Waals surface area contributed by atoms with Gasteiger partial charge in [-0.3, -0.25) is 4.79 Å². The first-order chi connectivity index (χ1) is 9.20. The molecule has 0 aliphatic heterocycles. The highest BCUT2D eigenvalue weighted by Crippen LogP contribution is 2.08. The van der Waals surface area contributed by atoms with Crippen LogP contribution in [0.25, 0.3) is 0 Å². The van der Waals surface area contributed by atoms with Gasteiger partial charge in [0.2, 0.25) is 0 Å². The van der Waals surface area contributed by atoms with Crippen molar-refractivity contribution in [1.29, 1.82) is 0 Å². The van der Waals surface area contributed by atoms with Crippen LogP contribution in [0.15, 0.2) is 30.7 Å². The molecule has 0 saturated carbocycles. The Bertz CT molecular complexity index is 520. The number of carbonyl (C=O) groups is 1. The minimum absolute atomic E-state index is 0.0769. The number of amides is 1. The molecule has 100 valence electrons. The molecule has 0 aliphatic carbocycles. The number of aromatic amines is 1. The van der Waals surface area contributed by atoms with E-state index in [1.807, 2.05) is 6.92 Å². The molecule has 0 bridgehead atoms. The number of nitrogens with one attached hydrogen (secondary N) is 2. The SMILES string of the molecule is CCNc1ccc(C(=O)N(C)Cc2ncc[nH]2)cn1. The lowest BCUT2D eigenvalue weighted by Crippen LogP contribution is -2.26. The Labute approximate surface area is 111 Å². The fourth-order valence-corrected chi connectivity index (χ4v) is 1.71. The third-order valence-electron chi connectivity index (χ3n) is 2.66. The monoisotopic (exact) mass is 259 g/mol. The first-order valence-electron chi connectivity index (χ1n) is 6.14. The molecule has 0 atom stereocenters. The van der Waals surface area contributed by atoms with E-state index < -0.39 is 0 Å². The maximum absolute atomic E-state index is 12.2. The van der Waals surface area contributed by atoms with E-state index in [4.69, 9.17) is 0 Å². The summed E-state index contributed by atoms with van der Waals surface area (Å²) in [5.74, 6) is 1.45. The molecule has 2 aromatic rings. The summed E-state index contributed by atoms with van der Waals surface area (Å²) in [5, 5.41) is 3.09. The van der Waals surface area contributed by atoms with Crippen LogP contribution in [0.1, 0.15) is 23.1 Å². The summed E-state index contributed by atoms with van der Waals surface area (Å²) >= 11 is 0. The lowest BCUT2D eigenvalue weighted by atomic mass is 10.2. The number of rotatable bonds is 5. The molecule has 0 unspecified atom stereocenters. The molecule has 2 N–H and O–H groups in total. The predicted octanol–water partition coefficient (Wildman–Crippen LogP) is 1.51. The number of H-pyrrole nitrogens is 1. The molecule has 6 nitrogen and oxygen atoms in total. The van der Waals surface area contributed by atoms with E-state index in [1.165, 1.54) is 0 Å². The van der Waals surface area contributed by atoms with E-state index in [1.54, 1.807) is 42.7 Å². The fourth-order valence-electron chi connectivity index (χ4n) is 1.71. The summed E-state index contributed by atoms with van der Waals surface area (Å²) in [7, 11) is 1.74. The first kappa shape index (κ1) is 13.1. The van der Waals surface area contributed by atoms with Gasteiger partial charge in [-0.15, -0.1) is 0 Å². The van der Waals surface area contributed by atoms with Crippen LogP contribution < -0.4 is 5.32 Å². The van der Waals surface area contributed by atoms with Crippen molar-refractivity contribution in [1.82, 2.24) is 19.9 Å². The van der Waals surface area contributed by atoms with Crippen molar-refractivity contribution in [3.8, 4) is 0 Å². The topological polar surface area (TPSA) is 73.9 Å². The highest BCUT2D eigenvalue weighted by Gasteiger charge is 2.13. The molecule has 19 heavy (non-hydrogen) atoms. The summed E-state index contributed by atoms with van der Waals surface area (Å²) < 4.78 is 0. The van der Waals surface area contributed by atoms with E-state index in [0.29, 0.717) is 12.1 Å². The molecule has 0 radical (unpaired) electrons. The minimum atomic E-state index is -0.0769. The van der Waals surface area contributed by atoms with Crippen molar-refractivity contribution in [2.24, 2.45) is 0 Å². The molecule has 0 aliphatic rings. The third-order valence-corrected chi connectivity index (χ3v) is 2.66. The van der Waals surface area contributed by atoms with Gasteiger partial charge in [-0.25, -0.2) is 9.97 Å². The highest BCUT2D eigenvalue weighted by atomic mass is 16.2. The maximum atomic E-state index is 12.2. The number of carbonyl (C=O) groups excluding carboxylic acids is 1. The third kappa shape index (κ3) is 3.31. The van der Waals surface area contributed by atoms with Crippen LogP contribution in [0.2, 0.25) is 0 Å². The van der Waals surface area contributed by atoms with Crippen LogP contribution in [0.3, 0.4) is 0 Å². The van der Waals surface area contributed by atoms with Crippen LogP contribution >= 0.6 is 0 Å². The second kappa shape index (κ2) is 5.99. The van der Waals surface area contributed by atoms with Crippen molar-refractivity contribution in [3.63, 3.8) is 0 Å². The Balaban J connectivity index is 2.02. The van der Waals surface area contributed by atoms with Gasteiger partial charge in [0.15, 0.2) is 0 Å². The smallest absolute Gasteiger partial charge is 0.255 e. The molecule has 6 heteroatoms. The lowest BCUT2D eigenvalue weighted by Gasteiger charge is -2.15. The Morgan fingerprint density at radius 3 is 2.84 bits per heavy atom. The molecule has 2 heterocycles. The minimum Gasteiger partial charge on any atom is -0.370 e. The summed E-state index contributed by atoms with van der Waals surface area (Å²) in [6, 6.07) is 3.57. The number of pyridine rings is 1. The standard InChI is InChI=1S/C13H17N5O/c1-3-14-11-5-4-10(8-17-11)13(19)18(2)9-12-15-6-7-16-12/h4-8H,3,9H2,1-2H3,(H,14,17)(H,15,16). The van der Waals surface area contributed by atoms with Gasteiger partial charge in [0, 0.05) is 32.2 Å². The molecule has 2 aromatic heterocycles. The molecule has 0 fully saturated rings. The highest BCUT2D eigenvalue weighted by molar-refractivity contribution is 5.93. The zero-order valence-corrected chi connectivity index (χ0v) is 11.1. The van der Waals surface area contributed by atoms with Crippen LogP contribution in [0.4, 0.5) is 5.82 Å². The number of aromatic nitrogens is 3. The Hall–Kier alpha value is -2.37. The van der Waals surface area contributed by atoms with E-state index in [2.05, 4.69) is 20.3 Å². The number of hydrogen-bond donors (Lipinski definition) is 2. The van der Waals surface area contributed by atoms with Crippen molar-refractivity contribution >= 4 is 11.7 Å². The number of nitrogens with zero attached hydrogens (tertiary/aromatic N) is 3. The number of hydrogen-bond acceptors (Lipinski definition) is 4. The van der Waals surface area contributed by atoms with E-state index in [9.17, 15) is 4.79 Å². The molecule has 2 rings (SSSR count). The summed E-state index contributed by atoms with van der Waals surface area (Å²) in [6.45, 7) is 3.25. The quantitative estimate of drug-likeness (QED) is 0.853. The van der Waals surface area contributed by atoms with Gasteiger partial charge >= 0.3 is 0 Å². The van der Waals surface area contributed by atoms with Crippen molar-refractivity contribution in [2.45, 2.75) is 13.5 Å². The van der Waals surface area contributed by atoms with Crippen LogP contribution in [0, 0.1) is 0 Å². The van der Waals surface area contributed by atoms with Crippen LogP contribution in [-0.2, 0) is 6.54 Å². The number of anilines is 1. The molecular weight excluding hydrogens is 242 g/mol. The van der Waals surface area contributed by atoms with Crippen LogP contribution in [0.5, 0.6) is 0 Å². The average Bonchev–Trinajstić information content (AvgIpc) is 2.92. The zero-order chi connectivity index (χ0) is 13.7. The molecule has 0 aromatic carbocycles. The summed E-state index contributed by atoms with van der Waals surface area (Å²) in [6.07, 6.45) is 4.99. The average molecular weight is 259 g/mol. The zero-order valence-electron chi connectivity index (χ0n) is 11.1. The van der Waals surface area contributed by atoms with Gasteiger partial charge in [-0.2, -0.15) is 0 Å². The normalized spacial score (nSPS) is 10.2. The van der Waals surface area contributed by atoms with Crippen molar-refractivity contribution in [3.05, 3.63) is 42.1 Å². The van der Waals surface area contributed by atoms with Gasteiger partial charge in [0.1, 0.15) is 11.6 Å². The van der Waals surface area contributed by atoms with E-state index in [0.717, 1.165) is 18.2 Å². The lowest BCUT2D eigenvalue weighted by molar-refractivity contribution is 0.0781. The first-order valence-corrected chi connectivity index (χ1v) is 6.14. The molecule has 0 spiro atoms. The summed E-state index contributed by atoms with van der Waals surface area (Å²) in [4.78, 5) is 25.0. The van der Waals surface area contributed by atoms with Gasteiger partial charge in [-0.1, -0.05) is 0 Å². The predicted molar refractivity (Wildman–Crippen MR) is 72.8 cm³/mol. The molecule has 1 amide bonds. The second-order valence-corrected chi connectivity index (χ2v) is 4.16. The van der Waals surface area contributed by atoms with E-state index >= 15 is 0 Å². The van der Waals surface area contributed by atoms with Gasteiger partial charge in [-0.05, 0) is 19.1 Å². The molecule has 0 saturated heterocycles.